The Hall–Kier alpha value is -2.36. The molecule has 2 aromatic carbocycles. The molecule has 16 heavy (non-hydrogen) atoms. The molecule has 1 aromatic heterocycles. The number of phenols is 1. The lowest BCUT2D eigenvalue weighted by Crippen LogP contribution is -1.80. The number of benzene rings is 2. The Morgan fingerprint density at radius 1 is 0.938 bits per heavy atom. The van der Waals surface area contributed by atoms with Crippen LogP contribution in [0.5, 0.6) is 5.75 Å². The van der Waals surface area contributed by atoms with Gasteiger partial charge in [-0.2, -0.15) is 15.4 Å². The summed E-state index contributed by atoms with van der Waals surface area (Å²) in [5.74, 6) is 0.164. The Bertz CT molecular complexity index is 631. The van der Waals surface area contributed by atoms with Gasteiger partial charge in [0, 0.05) is 5.56 Å². The standard InChI is InChI=1S/C12H9N3O/c16-12-9(8-4-2-1-3-5-8)6-7-10-11(12)14-15-13-10/h1-7,16H,(H,13,14,15). The van der Waals surface area contributed by atoms with Crippen molar-refractivity contribution in [1.29, 1.82) is 0 Å². The van der Waals surface area contributed by atoms with Gasteiger partial charge in [-0.15, -0.1) is 0 Å². The lowest BCUT2D eigenvalue weighted by atomic mass is 10.0. The molecule has 3 aromatic rings. The first kappa shape index (κ1) is 8.91. The topological polar surface area (TPSA) is 61.8 Å². The molecule has 0 aliphatic heterocycles. The van der Waals surface area contributed by atoms with Gasteiger partial charge in [0.25, 0.3) is 0 Å². The van der Waals surface area contributed by atoms with Crippen molar-refractivity contribution in [3.63, 3.8) is 0 Å². The predicted molar refractivity (Wildman–Crippen MR) is 61.0 cm³/mol. The van der Waals surface area contributed by atoms with E-state index in [2.05, 4.69) is 15.4 Å². The molecule has 0 saturated heterocycles. The van der Waals surface area contributed by atoms with Gasteiger partial charge in [0.2, 0.25) is 0 Å². The van der Waals surface area contributed by atoms with Crippen LogP contribution in [-0.4, -0.2) is 20.5 Å². The molecule has 0 atom stereocenters. The number of aromatic nitrogens is 3. The molecule has 4 nitrogen and oxygen atoms in total. The number of aromatic hydroxyl groups is 1. The Labute approximate surface area is 91.5 Å². The van der Waals surface area contributed by atoms with Gasteiger partial charge in [0.15, 0.2) is 11.3 Å². The summed E-state index contributed by atoms with van der Waals surface area (Å²) in [5.41, 5.74) is 2.89. The lowest BCUT2D eigenvalue weighted by molar-refractivity contribution is 0.482. The number of rotatable bonds is 1. The largest absolute Gasteiger partial charge is 0.505 e. The van der Waals surface area contributed by atoms with Crippen LogP contribution in [0.1, 0.15) is 0 Å². The molecule has 4 heteroatoms. The Morgan fingerprint density at radius 2 is 1.75 bits per heavy atom. The van der Waals surface area contributed by atoms with Gasteiger partial charge in [-0.3, -0.25) is 0 Å². The minimum atomic E-state index is 0.164. The van der Waals surface area contributed by atoms with Gasteiger partial charge in [-0.05, 0) is 17.7 Å². The highest BCUT2D eigenvalue weighted by atomic mass is 16.3. The number of hydrogen-bond donors (Lipinski definition) is 2. The molecule has 0 radical (unpaired) electrons. The zero-order valence-electron chi connectivity index (χ0n) is 8.38. The average Bonchev–Trinajstić information content (AvgIpc) is 2.80. The number of nitrogens with one attached hydrogen (secondary N) is 1. The van der Waals surface area contributed by atoms with Crippen molar-refractivity contribution in [2.24, 2.45) is 0 Å². The van der Waals surface area contributed by atoms with Crippen LogP contribution < -0.4 is 0 Å². The molecule has 3 rings (SSSR count). The number of aromatic amines is 1. The van der Waals surface area contributed by atoms with Crippen LogP contribution in [0.2, 0.25) is 0 Å². The molecule has 0 aliphatic carbocycles. The molecule has 1 heterocycles. The maximum Gasteiger partial charge on any atom is 0.155 e. The van der Waals surface area contributed by atoms with E-state index in [1.165, 1.54) is 0 Å². The third kappa shape index (κ3) is 1.24. The van der Waals surface area contributed by atoms with Crippen LogP contribution in [0.25, 0.3) is 22.2 Å². The first-order valence-electron chi connectivity index (χ1n) is 4.94. The highest BCUT2D eigenvalue weighted by Crippen LogP contribution is 2.33. The van der Waals surface area contributed by atoms with Crippen LogP contribution in [0.4, 0.5) is 0 Å². The summed E-state index contributed by atoms with van der Waals surface area (Å²) in [6, 6.07) is 13.4. The fourth-order valence-electron chi connectivity index (χ4n) is 1.75. The number of fused-ring (bicyclic) bond motifs is 1. The van der Waals surface area contributed by atoms with Gasteiger partial charge in [-0.25, -0.2) is 0 Å². The Kier molecular flexibility index (Phi) is 1.86. The third-order valence-electron chi connectivity index (χ3n) is 2.55. The Balaban J connectivity index is 2.28. The predicted octanol–water partition coefficient (Wildman–Crippen LogP) is 2.33. The van der Waals surface area contributed by atoms with E-state index in [9.17, 15) is 5.11 Å². The van der Waals surface area contributed by atoms with Gasteiger partial charge in [0.1, 0.15) is 5.52 Å². The Morgan fingerprint density at radius 3 is 2.56 bits per heavy atom. The molecule has 0 fully saturated rings. The fourth-order valence-corrected chi connectivity index (χ4v) is 1.75. The second kappa shape index (κ2) is 3.34. The highest BCUT2D eigenvalue weighted by molar-refractivity contribution is 5.89. The first-order valence-corrected chi connectivity index (χ1v) is 4.94. The van der Waals surface area contributed by atoms with Crippen molar-refractivity contribution >= 4 is 11.0 Å². The normalized spacial score (nSPS) is 10.8. The van der Waals surface area contributed by atoms with E-state index in [1.54, 1.807) is 0 Å². The smallest absolute Gasteiger partial charge is 0.155 e. The number of phenolic OH excluding ortho intramolecular Hbond substituents is 1. The molecular formula is C12H9N3O. The molecule has 0 spiro atoms. The second-order valence-corrected chi connectivity index (χ2v) is 3.52. The summed E-state index contributed by atoms with van der Waals surface area (Å²) >= 11 is 0. The first-order chi connectivity index (χ1) is 7.86. The van der Waals surface area contributed by atoms with E-state index >= 15 is 0 Å². The van der Waals surface area contributed by atoms with Crippen LogP contribution in [-0.2, 0) is 0 Å². The molecule has 2 N–H and O–H groups in total. The lowest BCUT2D eigenvalue weighted by Gasteiger charge is -2.03. The minimum Gasteiger partial charge on any atom is -0.505 e. The maximum atomic E-state index is 10.1. The summed E-state index contributed by atoms with van der Waals surface area (Å²) in [5, 5.41) is 20.4. The molecule has 0 bridgehead atoms. The van der Waals surface area contributed by atoms with E-state index in [4.69, 9.17) is 0 Å². The van der Waals surface area contributed by atoms with Gasteiger partial charge < -0.3 is 5.11 Å². The third-order valence-corrected chi connectivity index (χ3v) is 2.55. The second-order valence-electron chi connectivity index (χ2n) is 3.52. The van der Waals surface area contributed by atoms with Crippen LogP contribution >= 0.6 is 0 Å². The summed E-state index contributed by atoms with van der Waals surface area (Å²) in [6.07, 6.45) is 0. The molecule has 0 unspecified atom stereocenters. The van der Waals surface area contributed by atoms with Crippen molar-refractivity contribution in [2.75, 3.05) is 0 Å². The quantitative estimate of drug-likeness (QED) is 0.649. The van der Waals surface area contributed by atoms with E-state index in [-0.39, 0.29) is 5.75 Å². The maximum absolute atomic E-state index is 10.1. The zero-order chi connectivity index (χ0) is 11.0. The van der Waals surface area contributed by atoms with Gasteiger partial charge in [0.05, 0.1) is 0 Å². The van der Waals surface area contributed by atoms with Crippen molar-refractivity contribution in [1.82, 2.24) is 15.4 Å². The van der Waals surface area contributed by atoms with Gasteiger partial charge >= 0.3 is 0 Å². The van der Waals surface area contributed by atoms with Crippen LogP contribution in [0.3, 0.4) is 0 Å². The van der Waals surface area contributed by atoms with E-state index in [0.717, 1.165) is 11.1 Å². The molecule has 0 amide bonds. The van der Waals surface area contributed by atoms with Crippen LogP contribution in [0.15, 0.2) is 42.5 Å². The van der Waals surface area contributed by atoms with E-state index in [0.29, 0.717) is 11.0 Å². The average molecular weight is 211 g/mol. The van der Waals surface area contributed by atoms with Crippen LogP contribution in [0, 0.1) is 0 Å². The monoisotopic (exact) mass is 211 g/mol. The highest BCUT2D eigenvalue weighted by Gasteiger charge is 2.10. The molecular weight excluding hydrogens is 202 g/mol. The van der Waals surface area contributed by atoms with Crippen molar-refractivity contribution in [2.45, 2.75) is 0 Å². The number of nitrogens with zero attached hydrogens (tertiary/aromatic N) is 2. The molecule has 78 valence electrons. The molecule has 0 saturated carbocycles. The van der Waals surface area contributed by atoms with Crippen molar-refractivity contribution in [3.05, 3.63) is 42.5 Å². The summed E-state index contributed by atoms with van der Waals surface area (Å²) in [6.45, 7) is 0. The fraction of sp³-hybridized carbons (Fsp3) is 0. The molecule has 0 aliphatic rings. The van der Waals surface area contributed by atoms with E-state index in [1.807, 2.05) is 42.5 Å². The van der Waals surface area contributed by atoms with Crippen molar-refractivity contribution < 1.29 is 5.11 Å². The zero-order valence-corrected chi connectivity index (χ0v) is 8.38. The summed E-state index contributed by atoms with van der Waals surface area (Å²) in [4.78, 5) is 0. The number of hydrogen-bond acceptors (Lipinski definition) is 3. The van der Waals surface area contributed by atoms with E-state index < -0.39 is 0 Å². The number of H-pyrrole nitrogens is 1. The SMILES string of the molecule is Oc1c(-c2ccccc2)ccc2n[nH]nc12. The van der Waals surface area contributed by atoms with Crippen molar-refractivity contribution in [3.8, 4) is 16.9 Å². The van der Waals surface area contributed by atoms with Gasteiger partial charge in [-0.1, -0.05) is 30.3 Å². The summed E-state index contributed by atoms with van der Waals surface area (Å²) in [7, 11) is 0. The minimum absolute atomic E-state index is 0.164. The summed E-state index contributed by atoms with van der Waals surface area (Å²) < 4.78 is 0.